The lowest BCUT2D eigenvalue weighted by Gasteiger charge is -2.06. The van der Waals surface area contributed by atoms with Crippen molar-refractivity contribution in [1.82, 2.24) is 0 Å². The third-order valence-electron chi connectivity index (χ3n) is 4.31. The smallest absolute Gasteiger partial charge is 0.224 e. The number of hydrogen-bond acceptors (Lipinski definition) is 2. The van der Waals surface area contributed by atoms with Gasteiger partial charge in [0.1, 0.15) is 11.6 Å². The summed E-state index contributed by atoms with van der Waals surface area (Å²) in [7, 11) is 0. The number of carbonyl (C=O) groups excluding carboxylic acids is 2. The average molecular weight is 388 g/mol. The van der Waals surface area contributed by atoms with Crippen LogP contribution >= 0.6 is 0 Å². The maximum absolute atomic E-state index is 12.8. The second kappa shape index (κ2) is 11.8. The molecule has 28 heavy (non-hydrogen) atoms. The van der Waals surface area contributed by atoms with Crippen LogP contribution in [-0.4, -0.2) is 11.8 Å². The quantitative estimate of drug-likeness (QED) is 0.488. The molecule has 0 saturated heterocycles. The van der Waals surface area contributed by atoms with Gasteiger partial charge in [-0.05, 0) is 61.4 Å². The lowest BCUT2D eigenvalue weighted by Crippen LogP contribution is -2.11. The lowest BCUT2D eigenvalue weighted by atomic mass is 10.1. The van der Waals surface area contributed by atoms with Gasteiger partial charge in [0.25, 0.3) is 0 Å². The average Bonchev–Trinajstić information content (AvgIpc) is 2.67. The highest BCUT2D eigenvalue weighted by atomic mass is 19.1. The second-order valence-corrected chi connectivity index (χ2v) is 6.73. The number of unbranched alkanes of at least 4 members (excludes halogenated alkanes) is 5. The Balaban J connectivity index is 1.45. The van der Waals surface area contributed by atoms with Gasteiger partial charge in [0.15, 0.2) is 0 Å². The molecule has 0 aliphatic carbocycles. The van der Waals surface area contributed by atoms with Gasteiger partial charge in [-0.25, -0.2) is 8.78 Å². The molecule has 2 rings (SSSR count). The van der Waals surface area contributed by atoms with Gasteiger partial charge in [0.2, 0.25) is 11.8 Å². The van der Waals surface area contributed by atoms with E-state index >= 15 is 0 Å². The minimum atomic E-state index is -0.328. The van der Waals surface area contributed by atoms with Crippen LogP contribution in [0.3, 0.4) is 0 Å². The minimum Gasteiger partial charge on any atom is -0.326 e. The van der Waals surface area contributed by atoms with Crippen molar-refractivity contribution >= 4 is 23.2 Å². The molecule has 0 saturated carbocycles. The molecule has 0 radical (unpaired) electrons. The van der Waals surface area contributed by atoms with Crippen molar-refractivity contribution in [3.8, 4) is 0 Å². The summed E-state index contributed by atoms with van der Waals surface area (Å²) in [5.41, 5.74) is 1.20. The van der Waals surface area contributed by atoms with E-state index in [1.807, 2.05) is 0 Å². The molecule has 4 nitrogen and oxygen atoms in total. The van der Waals surface area contributed by atoms with E-state index in [1.165, 1.54) is 24.3 Å². The monoisotopic (exact) mass is 388 g/mol. The van der Waals surface area contributed by atoms with E-state index in [1.54, 1.807) is 24.3 Å². The fraction of sp³-hybridized carbons (Fsp3) is 0.364. The largest absolute Gasteiger partial charge is 0.326 e. The standard InChI is InChI=1S/C22H26F2N2O2/c23-17-9-13-19(14-10-17)25-21(27)7-5-3-1-2-4-6-8-22(28)26-20-15-11-18(24)12-16-20/h9-16H,1-8H2,(H,25,27)(H,26,28). The molecule has 2 amide bonds. The van der Waals surface area contributed by atoms with Gasteiger partial charge in [-0.1, -0.05) is 25.7 Å². The predicted octanol–water partition coefficient (Wildman–Crippen LogP) is 5.66. The van der Waals surface area contributed by atoms with Crippen LogP contribution in [0.15, 0.2) is 48.5 Å². The molecule has 2 aromatic carbocycles. The Morgan fingerprint density at radius 3 is 1.25 bits per heavy atom. The van der Waals surface area contributed by atoms with Gasteiger partial charge in [0.05, 0.1) is 0 Å². The van der Waals surface area contributed by atoms with Crippen molar-refractivity contribution < 1.29 is 18.4 Å². The number of rotatable bonds is 11. The Morgan fingerprint density at radius 1 is 0.571 bits per heavy atom. The summed E-state index contributed by atoms with van der Waals surface area (Å²) in [6, 6.07) is 11.4. The molecule has 2 aromatic rings. The highest BCUT2D eigenvalue weighted by Gasteiger charge is 2.04. The molecule has 6 heteroatoms. The molecule has 0 spiro atoms. The van der Waals surface area contributed by atoms with Crippen LogP contribution < -0.4 is 10.6 Å². The van der Waals surface area contributed by atoms with Crippen molar-refractivity contribution in [2.45, 2.75) is 51.4 Å². The van der Waals surface area contributed by atoms with E-state index in [0.29, 0.717) is 24.2 Å². The summed E-state index contributed by atoms with van der Waals surface area (Å²) in [6.45, 7) is 0. The number of nitrogens with one attached hydrogen (secondary N) is 2. The summed E-state index contributed by atoms with van der Waals surface area (Å²) in [6.07, 6.45) is 6.44. The van der Waals surface area contributed by atoms with Gasteiger partial charge in [-0.2, -0.15) is 0 Å². The van der Waals surface area contributed by atoms with Gasteiger partial charge in [-0.15, -0.1) is 0 Å². The van der Waals surface area contributed by atoms with Crippen LogP contribution in [-0.2, 0) is 9.59 Å². The van der Waals surface area contributed by atoms with Gasteiger partial charge < -0.3 is 10.6 Å². The number of amides is 2. The maximum Gasteiger partial charge on any atom is 0.224 e. The van der Waals surface area contributed by atoms with Gasteiger partial charge in [0, 0.05) is 24.2 Å². The molecular weight excluding hydrogens is 362 g/mol. The number of carbonyl (C=O) groups is 2. The molecule has 0 unspecified atom stereocenters. The Hall–Kier alpha value is -2.76. The lowest BCUT2D eigenvalue weighted by molar-refractivity contribution is -0.117. The normalized spacial score (nSPS) is 10.5. The van der Waals surface area contributed by atoms with E-state index in [9.17, 15) is 18.4 Å². The van der Waals surface area contributed by atoms with Crippen molar-refractivity contribution in [3.05, 3.63) is 60.2 Å². The number of halogens is 2. The van der Waals surface area contributed by atoms with Gasteiger partial charge in [-0.3, -0.25) is 9.59 Å². The first-order valence-electron chi connectivity index (χ1n) is 9.64. The summed E-state index contributed by atoms with van der Waals surface area (Å²) < 4.78 is 25.6. The van der Waals surface area contributed by atoms with Crippen molar-refractivity contribution in [1.29, 1.82) is 0 Å². The fourth-order valence-electron chi connectivity index (χ4n) is 2.79. The highest BCUT2D eigenvalue weighted by Crippen LogP contribution is 2.13. The van der Waals surface area contributed by atoms with Crippen LogP contribution in [0.25, 0.3) is 0 Å². The first-order valence-corrected chi connectivity index (χ1v) is 9.64. The Bertz CT molecular complexity index is 681. The maximum atomic E-state index is 12.8. The van der Waals surface area contributed by atoms with Crippen LogP contribution in [0.5, 0.6) is 0 Å². The van der Waals surface area contributed by atoms with E-state index in [-0.39, 0.29) is 23.4 Å². The summed E-state index contributed by atoms with van der Waals surface area (Å²) in [5.74, 6) is -0.787. The van der Waals surface area contributed by atoms with Crippen molar-refractivity contribution in [3.63, 3.8) is 0 Å². The van der Waals surface area contributed by atoms with E-state index in [4.69, 9.17) is 0 Å². The molecule has 0 bridgehead atoms. The van der Waals surface area contributed by atoms with Crippen molar-refractivity contribution in [2.24, 2.45) is 0 Å². The molecule has 2 N–H and O–H groups in total. The van der Waals surface area contributed by atoms with Crippen LogP contribution in [0, 0.1) is 11.6 Å². The molecule has 0 heterocycles. The second-order valence-electron chi connectivity index (χ2n) is 6.73. The Labute approximate surface area is 164 Å². The highest BCUT2D eigenvalue weighted by molar-refractivity contribution is 5.91. The predicted molar refractivity (Wildman–Crippen MR) is 107 cm³/mol. The van der Waals surface area contributed by atoms with E-state index in [2.05, 4.69) is 10.6 Å². The fourth-order valence-corrected chi connectivity index (χ4v) is 2.79. The Kier molecular flexibility index (Phi) is 9.11. The van der Waals surface area contributed by atoms with Crippen LogP contribution in [0.4, 0.5) is 20.2 Å². The molecule has 150 valence electrons. The van der Waals surface area contributed by atoms with Crippen LogP contribution in [0.2, 0.25) is 0 Å². The molecule has 0 fully saturated rings. The summed E-state index contributed by atoms with van der Waals surface area (Å²) in [5, 5.41) is 5.49. The molecule has 0 atom stereocenters. The van der Waals surface area contributed by atoms with E-state index < -0.39 is 0 Å². The number of anilines is 2. The summed E-state index contributed by atoms with van der Waals surface area (Å²) in [4.78, 5) is 23.6. The SMILES string of the molecule is O=C(CCCCCCCCC(=O)Nc1ccc(F)cc1)Nc1ccc(F)cc1. The topological polar surface area (TPSA) is 58.2 Å². The molecular formula is C22H26F2N2O2. The van der Waals surface area contributed by atoms with Crippen LogP contribution in [0.1, 0.15) is 51.4 Å². The van der Waals surface area contributed by atoms with E-state index in [0.717, 1.165) is 38.5 Å². The van der Waals surface area contributed by atoms with Gasteiger partial charge >= 0.3 is 0 Å². The number of hydrogen-bond donors (Lipinski definition) is 2. The zero-order chi connectivity index (χ0) is 20.2. The zero-order valence-corrected chi connectivity index (χ0v) is 15.8. The zero-order valence-electron chi connectivity index (χ0n) is 15.8. The summed E-state index contributed by atoms with van der Waals surface area (Å²) >= 11 is 0. The Morgan fingerprint density at radius 2 is 0.893 bits per heavy atom. The third kappa shape index (κ3) is 8.75. The number of benzene rings is 2. The molecule has 0 aromatic heterocycles. The molecule has 0 aliphatic rings. The van der Waals surface area contributed by atoms with Crippen molar-refractivity contribution in [2.75, 3.05) is 10.6 Å². The third-order valence-corrected chi connectivity index (χ3v) is 4.31. The molecule has 0 aliphatic heterocycles. The first kappa shape index (κ1) is 21.5. The first-order chi connectivity index (χ1) is 13.5. The minimum absolute atomic E-state index is 0.0657.